The summed E-state index contributed by atoms with van der Waals surface area (Å²) in [6.45, 7) is -0.937. The molecule has 0 aromatic rings. The quantitative estimate of drug-likeness (QED) is 0.578. The molecule has 0 saturated carbocycles. The van der Waals surface area contributed by atoms with E-state index in [2.05, 4.69) is 9.47 Å². The van der Waals surface area contributed by atoms with Crippen molar-refractivity contribution in [3.8, 4) is 0 Å². The minimum atomic E-state index is -4.63. The van der Waals surface area contributed by atoms with Gasteiger partial charge in [-0.05, 0) is 0 Å². The van der Waals surface area contributed by atoms with Crippen molar-refractivity contribution in [1.29, 1.82) is 0 Å². The summed E-state index contributed by atoms with van der Waals surface area (Å²) in [5.41, 5.74) is 0. The highest BCUT2D eigenvalue weighted by Crippen LogP contribution is 2.14. The normalized spacial score (nSPS) is 11.8. The number of hydrogen-bond acceptors (Lipinski definition) is 4. The predicted octanol–water partition coefficient (Wildman–Crippen LogP) is 2.24. The lowest BCUT2D eigenvalue weighted by molar-refractivity contribution is -0.168. The van der Waals surface area contributed by atoms with Crippen molar-refractivity contribution in [2.75, 3.05) is 6.61 Å². The maximum atomic E-state index is 11.8. The van der Waals surface area contributed by atoms with Crippen molar-refractivity contribution in [3.63, 3.8) is 0 Å². The Morgan fingerprint density at radius 3 is 1.94 bits per heavy atom. The lowest BCUT2D eigenvalue weighted by Gasteiger charge is -2.08. The average Bonchev–Trinajstić information content (AvgIpc) is 1.97. The summed E-state index contributed by atoms with van der Waals surface area (Å²) >= 11 is 0. The minimum absolute atomic E-state index is 0.842. The first-order chi connectivity index (χ1) is 7.04. The summed E-state index contributed by atoms with van der Waals surface area (Å²) in [7, 11) is 0. The molecular weight excluding hydrogens is 244 g/mol. The molecule has 0 aromatic carbocycles. The van der Waals surface area contributed by atoms with E-state index in [1.54, 1.807) is 0 Å². The van der Waals surface area contributed by atoms with Gasteiger partial charge in [-0.3, -0.25) is 0 Å². The van der Waals surface area contributed by atoms with Gasteiger partial charge in [0.05, 0.1) is 0 Å². The lowest BCUT2D eigenvalue weighted by Crippen LogP contribution is -2.22. The highest BCUT2D eigenvalue weighted by Gasteiger charge is 2.30. The SMILES string of the molecule is CC(F)OC(=O)OCC(F)(F)F.O=C(O)O. The predicted molar refractivity (Wildman–Crippen MR) is 39.7 cm³/mol. The van der Waals surface area contributed by atoms with Crippen LogP contribution in [0.2, 0.25) is 0 Å². The molecule has 0 saturated heterocycles. The summed E-state index contributed by atoms with van der Waals surface area (Å²) in [5, 5.41) is 13.9. The molecule has 0 fully saturated rings. The van der Waals surface area contributed by atoms with Gasteiger partial charge in [0.25, 0.3) is 0 Å². The molecule has 2 N–H and O–H groups in total. The summed E-state index contributed by atoms with van der Waals surface area (Å²) in [4.78, 5) is 18.7. The molecule has 6 nitrogen and oxygen atoms in total. The number of ether oxygens (including phenoxy) is 2. The third-order valence-corrected chi connectivity index (χ3v) is 0.612. The summed E-state index contributed by atoms with van der Waals surface area (Å²) in [6, 6.07) is 0. The van der Waals surface area contributed by atoms with Crippen molar-refractivity contribution in [1.82, 2.24) is 0 Å². The maximum absolute atomic E-state index is 11.8. The van der Waals surface area contributed by atoms with Gasteiger partial charge in [0, 0.05) is 6.92 Å². The molecule has 10 heteroatoms. The van der Waals surface area contributed by atoms with E-state index >= 15 is 0 Å². The summed E-state index contributed by atoms with van der Waals surface area (Å²) < 4.78 is 52.9. The number of hydrogen-bond donors (Lipinski definition) is 2. The Morgan fingerprint density at radius 1 is 1.31 bits per heavy atom. The molecule has 0 heterocycles. The highest BCUT2D eigenvalue weighted by molar-refractivity contribution is 5.59. The van der Waals surface area contributed by atoms with Gasteiger partial charge in [0.15, 0.2) is 6.61 Å². The third kappa shape index (κ3) is 22.8. The van der Waals surface area contributed by atoms with Crippen LogP contribution in [0.4, 0.5) is 27.2 Å². The number of halogens is 4. The van der Waals surface area contributed by atoms with Gasteiger partial charge in [-0.25, -0.2) is 14.0 Å². The van der Waals surface area contributed by atoms with Gasteiger partial charge >= 0.3 is 18.5 Å². The number of carboxylic acid groups (broad SMARTS) is 2. The Balaban J connectivity index is 0. The maximum Gasteiger partial charge on any atom is 0.511 e. The number of carbonyl (C=O) groups excluding carboxylic acids is 1. The summed E-state index contributed by atoms with van der Waals surface area (Å²) in [6.07, 6.45) is -10.1. The smallest absolute Gasteiger partial charge is 0.450 e. The molecule has 1 atom stereocenters. The number of rotatable bonds is 2. The first-order valence-corrected chi connectivity index (χ1v) is 3.50. The zero-order valence-corrected chi connectivity index (χ0v) is 7.82. The van der Waals surface area contributed by atoms with E-state index in [1.807, 2.05) is 0 Å². The summed E-state index contributed by atoms with van der Waals surface area (Å²) in [5.74, 6) is 0. The van der Waals surface area contributed by atoms with Crippen LogP contribution in [0.3, 0.4) is 0 Å². The molecular formula is C6H8F4O6. The van der Waals surface area contributed by atoms with Crippen LogP contribution in [0.25, 0.3) is 0 Å². The second kappa shape index (κ2) is 7.54. The van der Waals surface area contributed by atoms with Gasteiger partial charge < -0.3 is 19.7 Å². The van der Waals surface area contributed by atoms with Gasteiger partial charge in [0.1, 0.15) is 0 Å². The molecule has 0 radical (unpaired) electrons. The fourth-order valence-electron chi connectivity index (χ4n) is 0.307. The van der Waals surface area contributed by atoms with E-state index in [0.717, 1.165) is 6.92 Å². The van der Waals surface area contributed by atoms with Crippen LogP contribution in [0.15, 0.2) is 0 Å². The molecule has 0 spiro atoms. The average molecular weight is 252 g/mol. The molecule has 0 aliphatic carbocycles. The van der Waals surface area contributed by atoms with Crippen LogP contribution in [0.1, 0.15) is 6.92 Å². The highest BCUT2D eigenvalue weighted by atomic mass is 19.4. The van der Waals surface area contributed by atoms with Crippen molar-refractivity contribution in [2.24, 2.45) is 0 Å². The zero-order chi connectivity index (χ0) is 13.4. The lowest BCUT2D eigenvalue weighted by atomic mass is 10.7. The van der Waals surface area contributed by atoms with Crippen LogP contribution in [-0.2, 0) is 9.47 Å². The Kier molecular flexibility index (Phi) is 7.86. The van der Waals surface area contributed by atoms with Gasteiger partial charge in [0.2, 0.25) is 6.36 Å². The van der Waals surface area contributed by atoms with Crippen molar-refractivity contribution < 1.29 is 46.8 Å². The monoisotopic (exact) mass is 252 g/mol. The zero-order valence-electron chi connectivity index (χ0n) is 7.82. The van der Waals surface area contributed by atoms with Crippen LogP contribution >= 0.6 is 0 Å². The fraction of sp³-hybridized carbons (Fsp3) is 0.667. The molecule has 0 amide bonds. The van der Waals surface area contributed by atoms with E-state index in [1.165, 1.54) is 0 Å². The molecule has 0 aliphatic heterocycles. The second-order valence-electron chi connectivity index (χ2n) is 2.10. The Morgan fingerprint density at radius 2 is 1.69 bits per heavy atom. The van der Waals surface area contributed by atoms with Crippen molar-refractivity contribution >= 4 is 12.3 Å². The van der Waals surface area contributed by atoms with Crippen LogP contribution in [0.5, 0.6) is 0 Å². The van der Waals surface area contributed by atoms with Gasteiger partial charge in [-0.15, -0.1) is 0 Å². The van der Waals surface area contributed by atoms with E-state index in [-0.39, 0.29) is 0 Å². The molecule has 0 aliphatic rings. The van der Waals surface area contributed by atoms with E-state index in [9.17, 15) is 22.4 Å². The van der Waals surface area contributed by atoms with E-state index < -0.39 is 31.5 Å². The van der Waals surface area contributed by atoms with Crippen LogP contribution in [0, 0.1) is 0 Å². The molecule has 0 aromatic heterocycles. The minimum Gasteiger partial charge on any atom is -0.450 e. The first-order valence-electron chi connectivity index (χ1n) is 3.50. The molecule has 0 bridgehead atoms. The molecule has 0 rings (SSSR count). The van der Waals surface area contributed by atoms with Crippen LogP contribution < -0.4 is 0 Å². The molecule has 96 valence electrons. The van der Waals surface area contributed by atoms with Crippen LogP contribution in [-0.4, -0.2) is 41.7 Å². The Labute approximate surface area is 86.4 Å². The Bertz CT molecular complexity index is 222. The standard InChI is InChI=1S/C5H6F4O3.CH2O3/c1-3(6)12-4(10)11-2-5(7,8)9;2-1(3)4/h3H,2H2,1H3;(H2,2,3,4). The third-order valence-electron chi connectivity index (χ3n) is 0.612. The molecule has 1 unspecified atom stereocenters. The topological polar surface area (TPSA) is 93.1 Å². The van der Waals surface area contributed by atoms with E-state index in [0.29, 0.717) is 0 Å². The number of carbonyl (C=O) groups is 2. The van der Waals surface area contributed by atoms with Crippen molar-refractivity contribution in [2.45, 2.75) is 19.5 Å². The largest absolute Gasteiger partial charge is 0.511 e. The molecule has 16 heavy (non-hydrogen) atoms. The van der Waals surface area contributed by atoms with Gasteiger partial charge in [-0.1, -0.05) is 0 Å². The van der Waals surface area contributed by atoms with E-state index in [4.69, 9.17) is 15.0 Å². The fourth-order valence-corrected chi connectivity index (χ4v) is 0.307. The van der Waals surface area contributed by atoms with Gasteiger partial charge in [-0.2, -0.15) is 13.2 Å². The number of alkyl halides is 4. The second-order valence-corrected chi connectivity index (χ2v) is 2.10. The van der Waals surface area contributed by atoms with Crippen molar-refractivity contribution in [3.05, 3.63) is 0 Å². The Hall–Kier alpha value is -1.74. The first kappa shape index (κ1) is 16.7.